The summed E-state index contributed by atoms with van der Waals surface area (Å²) >= 11 is 0. The van der Waals surface area contributed by atoms with Crippen LogP contribution in [0.15, 0.2) is 12.1 Å². The van der Waals surface area contributed by atoms with E-state index in [1.54, 1.807) is 13.0 Å². The van der Waals surface area contributed by atoms with Crippen molar-refractivity contribution >= 4 is 11.9 Å². The Balaban J connectivity index is 2.83. The Hall–Kier alpha value is -1.95. The Morgan fingerprint density at radius 3 is 2.56 bits per heavy atom. The molecule has 0 aliphatic rings. The van der Waals surface area contributed by atoms with Crippen LogP contribution in [0.1, 0.15) is 28.2 Å². The van der Waals surface area contributed by atoms with Gasteiger partial charge in [0.05, 0.1) is 0 Å². The normalized spacial score (nSPS) is 11.9. The summed E-state index contributed by atoms with van der Waals surface area (Å²) < 4.78 is 0. The number of pyridine rings is 1. The zero-order valence-corrected chi connectivity index (χ0v) is 10.3. The highest BCUT2D eigenvalue weighted by atomic mass is 16.4. The molecule has 6 nitrogen and oxygen atoms in total. The van der Waals surface area contributed by atoms with Gasteiger partial charge >= 0.3 is 5.97 Å². The molecule has 1 rings (SSSR count). The van der Waals surface area contributed by atoms with Crippen LogP contribution in [0.3, 0.4) is 0 Å². The highest BCUT2D eigenvalue weighted by molar-refractivity contribution is 5.95. The number of aryl methyl sites for hydroxylation is 2. The van der Waals surface area contributed by atoms with E-state index in [2.05, 4.69) is 10.3 Å². The summed E-state index contributed by atoms with van der Waals surface area (Å²) in [5.41, 5.74) is 1.74. The number of rotatable bonds is 5. The Morgan fingerprint density at radius 1 is 1.39 bits per heavy atom. The van der Waals surface area contributed by atoms with Crippen LogP contribution in [0.4, 0.5) is 0 Å². The molecule has 1 aromatic heterocycles. The van der Waals surface area contributed by atoms with E-state index in [4.69, 9.17) is 10.2 Å². The minimum absolute atomic E-state index is 0.0358. The van der Waals surface area contributed by atoms with Crippen molar-refractivity contribution < 1.29 is 19.8 Å². The first-order chi connectivity index (χ1) is 8.43. The van der Waals surface area contributed by atoms with Gasteiger partial charge in [-0.05, 0) is 31.5 Å². The van der Waals surface area contributed by atoms with Crippen LogP contribution >= 0.6 is 0 Å². The SMILES string of the molecule is Cc1cc(C)nc(C(=O)N[C@@H](CCO)C(=O)O)c1. The van der Waals surface area contributed by atoms with Crippen LogP contribution in [-0.4, -0.2) is 39.7 Å². The number of aliphatic hydroxyl groups is 1. The van der Waals surface area contributed by atoms with Gasteiger partial charge in [-0.2, -0.15) is 0 Å². The molecule has 0 aliphatic carbocycles. The molecule has 98 valence electrons. The van der Waals surface area contributed by atoms with E-state index in [9.17, 15) is 9.59 Å². The molecule has 1 aromatic rings. The van der Waals surface area contributed by atoms with Gasteiger partial charge in [-0.25, -0.2) is 9.78 Å². The lowest BCUT2D eigenvalue weighted by Crippen LogP contribution is -2.41. The standard InChI is InChI=1S/C12H16N2O4/c1-7-5-8(2)13-10(6-7)11(16)14-9(3-4-15)12(17)18/h5-6,9,15H,3-4H2,1-2H3,(H,14,16)(H,17,18)/t9-/m0/s1. The second kappa shape index (κ2) is 6.11. The smallest absolute Gasteiger partial charge is 0.326 e. The molecule has 1 heterocycles. The number of aliphatic hydroxyl groups excluding tert-OH is 1. The predicted molar refractivity (Wildman–Crippen MR) is 64.3 cm³/mol. The molecule has 0 aromatic carbocycles. The van der Waals surface area contributed by atoms with Crippen LogP contribution in [-0.2, 0) is 4.79 Å². The van der Waals surface area contributed by atoms with Crippen LogP contribution in [0.5, 0.6) is 0 Å². The number of carboxylic acid groups (broad SMARTS) is 1. The van der Waals surface area contributed by atoms with E-state index in [1.165, 1.54) is 0 Å². The second-order valence-electron chi connectivity index (χ2n) is 4.05. The van der Waals surface area contributed by atoms with E-state index in [1.807, 2.05) is 13.0 Å². The third-order valence-corrected chi connectivity index (χ3v) is 2.35. The van der Waals surface area contributed by atoms with Gasteiger partial charge < -0.3 is 15.5 Å². The van der Waals surface area contributed by atoms with Crippen molar-refractivity contribution in [3.8, 4) is 0 Å². The first-order valence-corrected chi connectivity index (χ1v) is 5.54. The second-order valence-corrected chi connectivity index (χ2v) is 4.05. The third-order valence-electron chi connectivity index (χ3n) is 2.35. The zero-order chi connectivity index (χ0) is 13.7. The minimum atomic E-state index is -1.18. The maximum Gasteiger partial charge on any atom is 0.326 e. The number of hydrogen-bond donors (Lipinski definition) is 3. The van der Waals surface area contributed by atoms with E-state index >= 15 is 0 Å². The first kappa shape index (κ1) is 14.1. The van der Waals surface area contributed by atoms with Gasteiger partial charge in [0.1, 0.15) is 11.7 Å². The van der Waals surface area contributed by atoms with Gasteiger partial charge in [0, 0.05) is 18.7 Å². The van der Waals surface area contributed by atoms with Crippen molar-refractivity contribution in [2.75, 3.05) is 6.61 Å². The van der Waals surface area contributed by atoms with Gasteiger partial charge in [0.15, 0.2) is 0 Å². The van der Waals surface area contributed by atoms with Gasteiger partial charge in [0.25, 0.3) is 5.91 Å². The maximum absolute atomic E-state index is 11.8. The number of carbonyl (C=O) groups excluding carboxylic acids is 1. The molecule has 6 heteroatoms. The number of amides is 1. The maximum atomic E-state index is 11.8. The summed E-state index contributed by atoms with van der Waals surface area (Å²) in [4.78, 5) is 26.7. The monoisotopic (exact) mass is 252 g/mol. The molecule has 0 radical (unpaired) electrons. The number of carboxylic acids is 1. The van der Waals surface area contributed by atoms with Crippen molar-refractivity contribution in [2.24, 2.45) is 0 Å². The summed E-state index contributed by atoms with van der Waals surface area (Å²) in [5, 5.41) is 19.9. The summed E-state index contributed by atoms with van der Waals surface area (Å²) in [6.45, 7) is 3.28. The van der Waals surface area contributed by atoms with Crippen molar-refractivity contribution in [1.29, 1.82) is 0 Å². The van der Waals surface area contributed by atoms with Crippen LogP contribution < -0.4 is 5.32 Å². The summed E-state index contributed by atoms with van der Waals surface area (Å²) in [7, 11) is 0. The molecule has 1 atom stereocenters. The van der Waals surface area contributed by atoms with E-state index < -0.39 is 17.9 Å². The summed E-state index contributed by atoms with van der Waals surface area (Å²) in [5.74, 6) is -1.73. The molecule has 0 spiro atoms. The minimum Gasteiger partial charge on any atom is -0.480 e. The number of aromatic nitrogens is 1. The molecule has 0 saturated carbocycles. The number of aliphatic carboxylic acids is 1. The van der Waals surface area contributed by atoms with Crippen molar-refractivity contribution in [2.45, 2.75) is 26.3 Å². The molecule has 0 aliphatic heterocycles. The van der Waals surface area contributed by atoms with E-state index in [0.717, 1.165) is 5.56 Å². The van der Waals surface area contributed by atoms with Crippen molar-refractivity contribution in [1.82, 2.24) is 10.3 Å². The topological polar surface area (TPSA) is 99.5 Å². The molecule has 0 unspecified atom stereocenters. The fourth-order valence-electron chi connectivity index (χ4n) is 1.58. The molecular formula is C12H16N2O4. The van der Waals surface area contributed by atoms with Crippen molar-refractivity contribution in [3.05, 3.63) is 29.1 Å². The Kier molecular flexibility index (Phi) is 4.79. The summed E-state index contributed by atoms with van der Waals surface area (Å²) in [6, 6.07) is 2.30. The zero-order valence-electron chi connectivity index (χ0n) is 10.3. The number of nitrogens with zero attached hydrogens (tertiary/aromatic N) is 1. The molecule has 18 heavy (non-hydrogen) atoms. The highest BCUT2D eigenvalue weighted by Gasteiger charge is 2.20. The largest absolute Gasteiger partial charge is 0.480 e. The molecule has 0 fully saturated rings. The molecular weight excluding hydrogens is 236 g/mol. The van der Waals surface area contributed by atoms with Gasteiger partial charge in [0.2, 0.25) is 0 Å². The lowest BCUT2D eigenvalue weighted by molar-refractivity contribution is -0.139. The predicted octanol–water partition coefficient (Wildman–Crippen LogP) is 0.264. The first-order valence-electron chi connectivity index (χ1n) is 5.54. The lowest BCUT2D eigenvalue weighted by Gasteiger charge is -2.13. The number of carbonyl (C=O) groups is 2. The van der Waals surface area contributed by atoms with Crippen LogP contribution in [0.2, 0.25) is 0 Å². The van der Waals surface area contributed by atoms with Crippen LogP contribution in [0.25, 0.3) is 0 Å². The lowest BCUT2D eigenvalue weighted by atomic mass is 10.2. The average Bonchev–Trinajstić information content (AvgIpc) is 2.26. The quantitative estimate of drug-likeness (QED) is 0.698. The van der Waals surface area contributed by atoms with E-state index in [0.29, 0.717) is 5.69 Å². The Labute approximate surface area is 105 Å². The molecule has 0 saturated heterocycles. The van der Waals surface area contributed by atoms with Gasteiger partial charge in [-0.1, -0.05) is 0 Å². The Bertz CT molecular complexity index is 439. The van der Waals surface area contributed by atoms with Gasteiger partial charge in [-0.3, -0.25) is 4.79 Å². The molecule has 0 bridgehead atoms. The van der Waals surface area contributed by atoms with Crippen LogP contribution in [0, 0.1) is 13.8 Å². The number of nitrogens with one attached hydrogen (secondary N) is 1. The highest BCUT2D eigenvalue weighted by Crippen LogP contribution is 2.05. The van der Waals surface area contributed by atoms with E-state index in [-0.39, 0.29) is 18.7 Å². The summed E-state index contributed by atoms with van der Waals surface area (Å²) in [6.07, 6.45) is -0.0358. The molecule has 1 amide bonds. The third kappa shape index (κ3) is 3.81. The van der Waals surface area contributed by atoms with Gasteiger partial charge in [-0.15, -0.1) is 0 Å². The van der Waals surface area contributed by atoms with Crippen molar-refractivity contribution in [3.63, 3.8) is 0 Å². The average molecular weight is 252 g/mol. The molecule has 3 N–H and O–H groups in total. The fourth-order valence-corrected chi connectivity index (χ4v) is 1.58. The number of hydrogen-bond acceptors (Lipinski definition) is 4. The fraction of sp³-hybridized carbons (Fsp3) is 0.417. The Morgan fingerprint density at radius 2 is 2.06 bits per heavy atom.